The van der Waals surface area contributed by atoms with Crippen molar-refractivity contribution in [1.29, 1.82) is 0 Å². The fraction of sp³-hybridized carbons (Fsp3) is 0.750. The molecule has 0 aromatic carbocycles. The van der Waals surface area contributed by atoms with Crippen LogP contribution in [0, 0.1) is 0 Å². The van der Waals surface area contributed by atoms with Crippen LogP contribution >= 0.6 is 33.0 Å². The first-order valence-electron chi connectivity index (χ1n) is 4.55. The Morgan fingerprint density at radius 3 is 1.65 bits per heavy atom. The second-order valence-electron chi connectivity index (χ2n) is 2.44. The summed E-state index contributed by atoms with van der Waals surface area (Å²) in [6.07, 6.45) is 0. The van der Waals surface area contributed by atoms with E-state index in [-0.39, 0.29) is 26.8 Å². The number of ether oxygens (including phenoxy) is 4. The zero-order valence-electron chi connectivity index (χ0n) is 10.7. The molecule has 0 aliphatic heterocycles. The lowest BCUT2D eigenvalue weighted by Gasteiger charge is -1.95. The lowest BCUT2D eigenvalue weighted by molar-refractivity contribution is -0.146. The van der Waals surface area contributed by atoms with E-state index in [1.54, 1.807) is 0 Å². The van der Waals surface area contributed by atoms with Gasteiger partial charge in [-0.3, -0.25) is 4.79 Å². The highest BCUT2D eigenvalue weighted by atomic mass is 36.0. The number of hydrogen-bond donors (Lipinski definition) is 1. The molecule has 20 heavy (non-hydrogen) atoms. The summed E-state index contributed by atoms with van der Waals surface area (Å²) in [6, 6.07) is 0. The van der Waals surface area contributed by atoms with Crippen molar-refractivity contribution in [3.63, 3.8) is 0 Å². The molecule has 0 aliphatic carbocycles. The number of halogens is 3. The van der Waals surface area contributed by atoms with Crippen molar-refractivity contribution < 1.29 is 37.9 Å². The average Bonchev–Trinajstić information content (AvgIpc) is 2.29. The van der Waals surface area contributed by atoms with Crippen molar-refractivity contribution in [3.8, 4) is 0 Å². The number of carboxylic acid groups (broad SMARTS) is 1. The van der Waals surface area contributed by atoms with E-state index >= 15 is 0 Å². The Hall–Kier alpha value is 0. The summed E-state index contributed by atoms with van der Waals surface area (Å²) in [4.78, 5) is 19.6. The Morgan fingerprint density at radius 1 is 1.05 bits per heavy atom. The minimum atomic E-state index is -1.67. The molecule has 0 fully saturated rings. The Bertz CT molecular complexity index is 242. The second kappa shape index (κ2) is 21.3. The van der Waals surface area contributed by atoms with Gasteiger partial charge in [-0.1, -0.05) is 0 Å². The van der Waals surface area contributed by atoms with Crippen molar-refractivity contribution in [1.82, 2.24) is 0 Å². The molecule has 0 bridgehead atoms. The Kier molecular flexibility index (Phi) is 26.6. The largest absolute Gasteiger partial charge is 0.480 e. The first-order chi connectivity index (χ1) is 9.27. The topological polar surface area (TPSA) is 108 Å². The lowest BCUT2D eigenvalue weighted by atomic mass is 10.8. The highest BCUT2D eigenvalue weighted by Crippen LogP contribution is 1.89. The number of aliphatic carboxylic acids is 1. The van der Waals surface area contributed by atoms with Crippen LogP contribution in [0.3, 0.4) is 0 Å². The summed E-state index contributed by atoms with van der Waals surface area (Å²) in [7, 11) is 10.3. The molecule has 0 aromatic heterocycles. The molecule has 0 amide bonds. The maximum Gasteiger partial charge on any atom is 0.329 e. The quantitative estimate of drug-likeness (QED) is 0.381. The lowest BCUT2D eigenvalue weighted by Crippen LogP contribution is -2.08. The van der Waals surface area contributed by atoms with E-state index in [0.29, 0.717) is 0 Å². The maximum atomic E-state index is 9.90. The van der Waals surface area contributed by atoms with Crippen LogP contribution in [-0.2, 0) is 37.8 Å². The molecule has 0 saturated carbocycles. The summed E-state index contributed by atoms with van der Waals surface area (Å²) >= 11 is 4.89. The zero-order chi connectivity index (χ0) is 16.4. The van der Waals surface area contributed by atoms with Gasteiger partial charge in [0.05, 0.1) is 0 Å². The fourth-order valence-electron chi connectivity index (χ4n) is 0.418. The van der Waals surface area contributed by atoms with E-state index < -0.39 is 20.4 Å². The Labute approximate surface area is 132 Å². The van der Waals surface area contributed by atoms with Crippen molar-refractivity contribution in [2.24, 2.45) is 0 Å². The van der Waals surface area contributed by atoms with Gasteiger partial charge in [0.1, 0.15) is 26.8 Å². The van der Waals surface area contributed by atoms with Gasteiger partial charge in [0.2, 0.25) is 14.5 Å². The van der Waals surface area contributed by atoms with E-state index in [1.807, 2.05) is 0 Å². The third-order valence-electron chi connectivity index (χ3n) is 0.843. The Balaban J connectivity index is -0.000000230. The number of carboxylic acids is 1. The van der Waals surface area contributed by atoms with E-state index in [9.17, 15) is 9.59 Å². The van der Waals surface area contributed by atoms with Gasteiger partial charge in [-0.2, -0.15) is 0 Å². The van der Waals surface area contributed by atoms with Gasteiger partial charge in [-0.25, -0.2) is 9.00 Å². The van der Waals surface area contributed by atoms with Gasteiger partial charge in [0.15, 0.2) is 0 Å². The summed E-state index contributed by atoms with van der Waals surface area (Å²) in [5.74, 6) is -0.984. The monoisotopic (exact) mass is 376 g/mol. The van der Waals surface area contributed by atoms with Crippen molar-refractivity contribution in [2.75, 3.05) is 41.0 Å². The first-order valence-corrected chi connectivity index (χ1v) is 7.73. The normalized spacial score (nSPS) is 9.10. The molecule has 122 valence electrons. The SMILES string of the molecule is COCOCC(=O)Cl.COCOCC(=O)O.O=S(Cl)Cl. The van der Waals surface area contributed by atoms with Gasteiger partial charge < -0.3 is 24.1 Å². The third-order valence-corrected chi connectivity index (χ3v) is 0.953. The predicted octanol–water partition coefficient (Wildman–Crippen LogP) is 1.11. The van der Waals surface area contributed by atoms with Crippen LogP contribution in [0.1, 0.15) is 0 Å². The van der Waals surface area contributed by atoms with Crippen LogP contribution in [0.15, 0.2) is 0 Å². The Morgan fingerprint density at radius 2 is 1.40 bits per heavy atom. The highest BCUT2D eigenvalue weighted by molar-refractivity contribution is 8.26. The second-order valence-corrected chi connectivity index (χ2v) is 5.39. The van der Waals surface area contributed by atoms with Crippen LogP contribution in [0.4, 0.5) is 0 Å². The van der Waals surface area contributed by atoms with Crippen LogP contribution in [0.2, 0.25) is 0 Å². The standard InChI is InChI=1S/C4H7ClO3.C4H8O4.Cl2OS/c2*1-7-3-8-2-4(5)6;1-4(2)3/h2-3H2,1H3;2-3H2,1H3,(H,5,6);. The molecule has 0 aliphatic rings. The molecule has 0 saturated heterocycles. The molecular formula is C8H15Cl3O8S. The summed E-state index contributed by atoms with van der Waals surface area (Å²) in [5.41, 5.74) is 0. The minimum absolute atomic E-state index is 0.0340. The summed E-state index contributed by atoms with van der Waals surface area (Å²) in [6.45, 7) is -0.242. The smallest absolute Gasteiger partial charge is 0.329 e. The van der Waals surface area contributed by atoms with Gasteiger partial charge in [-0.05, 0) is 11.6 Å². The third kappa shape index (κ3) is 52.0. The number of hydrogen-bond acceptors (Lipinski definition) is 7. The molecule has 0 atom stereocenters. The van der Waals surface area contributed by atoms with Gasteiger partial charge in [0.25, 0.3) is 0 Å². The van der Waals surface area contributed by atoms with Gasteiger partial charge >= 0.3 is 5.97 Å². The molecular weight excluding hydrogens is 363 g/mol. The summed E-state index contributed by atoms with van der Waals surface area (Å²) < 4.78 is 26.9. The van der Waals surface area contributed by atoms with Gasteiger partial charge in [0, 0.05) is 35.6 Å². The first kappa shape index (κ1) is 25.0. The van der Waals surface area contributed by atoms with Crippen LogP contribution in [0.25, 0.3) is 0 Å². The number of carbonyl (C=O) groups excluding carboxylic acids is 1. The van der Waals surface area contributed by atoms with Crippen LogP contribution in [-0.4, -0.2) is 61.5 Å². The van der Waals surface area contributed by atoms with Crippen LogP contribution in [0.5, 0.6) is 0 Å². The average molecular weight is 378 g/mol. The van der Waals surface area contributed by atoms with E-state index in [2.05, 4.69) is 40.3 Å². The van der Waals surface area contributed by atoms with Crippen molar-refractivity contribution in [3.05, 3.63) is 0 Å². The minimum Gasteiger partial charge on any atom is -0.480 e. The van der Waals surface area contributed by atoms with Crippen molar-refractivity contribution in [2.45, 2.75) is 0 Å². The number of carbonyl (C=O) groups is 2. The highest BCUT2D eigenvalue weighted by Gasteiger charge is 1.92. The molecule has 1 N–H and O–H groups in total. The predicted molar refractivity (Wildman–Crippen MR) is 74.0 cm³/mol. The van der Waals surface area contributed by atoms with E-state index in [0.717, 1.165) is 0 Å². The summed E-state index contributed by atoms with van der Waals surface area (Å²) in [5, 5.41) is 7.45. The molecule has 0 heterocycles. The zero-order valence-corrected chi connectivity index (χ0v) is 13.8. The van der Waals surface area contributed by atoms with E-state index in [1.165, 1.54) is 14.2 Å². The number of rotatable bonds is 8. The fourth-order valence-corrected chi connectivity index (χ4v) is 0.495. The van der Waals surface area contributed by atoms with Gasteiger partial charge in [-0.15, -0.1) is 0 Å². The van der Waals surface area contributed by atoms with Crippen LogP contribution < -0.4 is 0 Å². The molecule has 0 radical (unpaired) electrons. The molecule has 0 unspecified atom stereocenters. The number of methoxy groups -OCH3 is 2. The molecule has 8 nitrogen and oxygen atoms in total. The van der Waals surface area contributed by atoms with E-state index in [4.69, 9.17) is 20.9 Å². The molecule has 0 rings (SSSR count). The molecule has 12 heteroatoms. The molecule has 0 spiro atoms. The molecule has 0 aromatic rings. The van der Waals surface area contributed by atoms with Crippen molar-refractivity contribution >= 4 is 53.4 Å². The maximum absolute atomic E-state index is 9.90.